The van der Waals surface area contributed by atoms with E-state index in [0.717, 1.165) is 6.42 Å². The standard InChI is InChI=1S/C11H23O/c1-2-3-4-5-6-7-8-9-10-11-12/h9,12H,2-8,10-11H2,1H3. The maximum Gasteiger partial charge on any atom is 0.0433 e. The van der Waals surface area contributed by atoms with E-state index in [-0.39, 0.29) is 0 Å². The zero-order valence-corrected chi connectivity index (χ0v) is 8.39. The molecule has 0 rings (SSSR count). The molecule has 0 aromatic carbocycles. The summed E-state index contributed by atoms with van der Waals surface area (Å²) >= 11 is 0. The molecule has 0 aliphatic heterocycles. The summed E-state index contributed by atoms with van der Waals surface area (Å²) in [5.41, 5.74) is 0. The summed E-state index contributed by atoms with van der Waals surface area (Å²) in [6.07, 6.45) is 12.4. The quantitative estimate of drug-likeness (QED) is 0.528. The molecule has 0 aromatic heterocycles. The molecule has 1 nitrogen and oxygen atoms in total. The predicted octanol–water partition coefficient (Wildman–Crippen LogP) is 3.32. The van der Waals surface area contributed by atoms with Gasteiger partial charge in [-0.3, -0.25) is 0 Å². The summed E-state index contributed by atoms with van der Waals surface area (Å²) in [5.74, 6) is 0. The Morgan fingerprint density at radius 3 is 2.25 bits per heavy atom. The van der Waals surface area contributed by atoms with Crippen LogP contribution in [-0.2, 0) is 0 Å². The van der Waals surface area contributed by atoms with Gasteiger partial charge in [-0.15, -0.1) is 0 Å². The monoisotopic (exact) mass is 171 g/mol. The van der Waals surface area contributed by atoms with Crippen LogP contribution in [0.15, 0.2) is 0 Å². The molecule has 0 aromatic rings. The number of hydrogen-bond acceptors (Lipinski definition) is 1. The summed E-state index contributed by atoms with van der Waals surface area (Å²) in [6, 6.07) is 0. The minimum atomic E-state index is 0.315. The fourth-order valence-electron chi connectivity index (χ4n) is 1.30. The van der Waals surface area contributed by atoms with Crippen LogP contribution in [0, 0.1) is 6.42 Å². The molecule has 0 spiro atoms. The van der Waals surface area contributed by atoms with Crippen LogP contribution in [0.4, 0.5) is 0 Å². The molecule has 0 unspecified atom stereocenters. The van der Waals surface area contributed by atoms with Crippen LogP contribution >= 0.6 is 0 Å². The van der Waals surface area contributed by atoms with Crippen molar-refractivity contribution >= 4 is 0 Å². The average molecular weight is 171 g/mol. The average Bonchev–Trinajstić information content (AvgIpc) is 2.10. The summed E-state index contributed by atoms with van der Waals surface area (Å²) in [5, 5.41) is 8.51. The second kappa shape index (κ2) is 11.0. The van der Waals surface area contributed by atoms with Gasteiger partial charge in [-0.1, -0.05) is 51.9 Å². The van der Waals surface area contributed by atoms with E-state index < -0.39 is 0 Å². The molecule has 1 heteroatoms. The van der Waals surface area contributed by atoms with E-state index in [2.05, 4.69) is 13.3 Å². The van der Waals surface area contributed by atoms with Gasteiger partial charge in [0, 0.05) is 6.61 Å². The molecule has 12 heavy (non-hydrogen) atoms. The molecule has 1 radical (unpaired) electrons. The van der Waals surface area contributed by atoms with E-state index in [1.807, 2.05) is 0 Å². The second-order valence-electron chi connectivity index (χ2n) is 3.36. The van der Waals surface area contributed by atoms with Gasteiger partial charge in [0.1, 0.15) is 0 Å². The van der Waals surface area contributed by atoms with Crippen molar-refractivity contribution in [2.45, 2.75) is 58.3 Å². The van der Waals surface area contributed by atoms with Gasteiger partial charge in [0.25, 0.3) is 0 Å². The Bertz CT molecular complexity index is 61.4. The van der Waals surface area contributed by atoms with Crippen molar-refractivity contribution in [2.24, 2.45) is 0 Å². The van der Waals surface area contributed by atoms with Gasteiger partial charge in [0.05, 0.1) is 0 Å². The molecule has 0 atom stereocenters. The fraction of sp³-hybridized carbons (Fsp3) is 0.909. The smallest absolute Gasteiger partial charge is 0.0433 e. The van der Waals surface area contributed by atoms with Crippen molar-refractivity contribution in [3.63, 3.8) is 0 Å². The highest BCUT2D eigenvalue weighted by Gasteiger charge is 1.90. The lowest BCUT2D eigenvalue weighted by molar-refractivity contribution is 0.296. The minimum Gasteiger partial charge on any atom is -0.396 e. The largest absolute Gasteiger partial charge is 0.396 e. The number of rotatable bonds is 9. The van der Waals surface area contributed by atoms with Gasteiger partial charge in [0.15, 0.2) is 0 Å². The summed E-state index contributed by atoms with van der Waals surface area (Å²) in [6.45, 7) is 2.56. The summed E-state index contributed by atoms with van der Waals surface area (Å²) in [7, 11) is 0. The highest BCUT2D eigenvalue weighted by Crippen LogP contribution is 2.08. The molecule has 0 saturated carbocycles. The van der Waals surface area contributed by atoms with E-state index >= 15 is 0 Å². The van der Waals surface area contributed by atoms with Crippen LogP contribution in [0.5, 0.6) is 0 Å². The molecule has 73 valence electrons. The molecule has 0 aliphatic rings. The molecule has 0 heterocycles. The Labute approximate surface area is 77.2 Å². The fourth-order valence-corrected chi connectivity index (χ4v) is 1.30. The van der Waals surface area contributed by atoms with Gasteiger partial charge in [-0.2, -0.15) is 0 Å². The predicted molar refractivity (Wildman–Crippen MR) is 54.0 cm³/mol. The van der Waals surface area contributed by atoms with Gasteiger partial charge < -0.3 is 5.11 Å². The van der Waals surface area contributed by atoms with Crippen molar-refractivity contribution < 1.29 is 5.11 Å². The van der Waals surface area contributed by atoms with Crippen LogP contribution in [0.2, 0.25) is 0 Å². The zero-order chi connectivity index (χ0) is 9.07. The van der Waals surface area contributed by atoms with Crippen LogP contribution in [-0.4, -0.2) is 11.7 Å². The Morgan fingerprint density at radius 2 is 1.58 bits per heavy atom. The van der Waals surface area contributed by atoms with Crippen molar-refractivity contribution in [3.8, 4) is 0 Å². The first kappa shape index (κ1) is 12.0. The number of aliphatic hydroxyl groups is 1. The first-order valence-electron chi connectivity index (χ1n) is 5.34. The van der Waals surface area contributed by atoms with Crippen molar-refractivity contribution in [3.05, 3.63) is 6.42 Å². The molecular formula is C11H23O. The highest BCUT2D eigenvalue weighted by atomic mass is 16.2. The van der Waals surface area contributed by atoms with Gasteiger partial charge in [-0.05, 0) is 12.8 Å². The van der Waals surface area contributed by atoms with Gasteiger partial charge >= 0.3 is 0 Å². The van der Waals surface area contributed by atoms with Gasteiger partial charge in [-0.25, -0.2) is 0 Å². The van der Waals surface area contributed by atoms with Crippen LogP contribution in [0.25, 0.3) is 0 Å². The SMILES string of the molecule is CCCCCCCC[CH]CCO. The molecule has 0 bridgehead atoms. The highest BCUT2D eigenvalue weighted by molar-refractivity contribution is 4.63. The van der Waals surface area contributed by atoms with Crippen LogP contribution < -0.4 is 0 Å². The van der Waals surface area contributed by atoms with E-state index in [4.69, 9.17) is 5.11 Å². The first-order chi connectivity index (χ1) is 5.91. The molecule has 1 N–H and O–H groups in total. The lowest BCUT2D eigenvalue weighted by atomic mass is 10.1. The van der Waals surface area contributed by atoms with Crippen LogP contribution in [0.3, 0.4) is 0 Å². The van der Waals surface area contributed by atoms with Crippen molar-refractivity contribution in [2.75, 3.05) is 6.61 Å². The Balaban J connectivity index is 2.73. The van der Waals surface area contributed by atoms with Gasteiger partial charge in [0.2, 0.25) is 0 Å². The van der Waals surface area contributed by atoms with Crippen LogP contribution in [0.1, 0.15) is 58.3 Å². The lowest BCUT2D eigenvalue weighted by Gasteiger charge is -1.99. The third kappa shape index (κ3) is 9.96. The second-order valence-corrected chi connectivity index (χ2v) is 3.36. The topological polar surface area (TPSA) is 20.2 Å². The van der Waals surface area contributed by atoms with Crippen molar-refractivity contribution in [1.29, 1.82) is 0 Å². The maximum atomic E-state index is 8.51. The molecule has 0 amide bonds. The van der Waals surface area contributed by atoms with E-state index in [1.165, 1.54) is 44.9 Å². The van der Waals surface area contributed by atoms with E-state index in [9.17, 15) is 0 Å². The lowest BCUT2D eigenvalue weighted by Crippen LogP contribution is -1.84. The normalized spacial score (nSPS) is 10.5. The third-order valence-corrected chi connectivity index (χ3v) is 2.10. The number of hydrogen-bond donors (Lipinski definition) is 1. The van der Waals surface area contributed by atoms with E-state index in [1.54, 1.807) is 0 Å². The number of unbranched alkanes of at least 4 members (excludes halogenated alkanes) is 8. The first-order valence-corrected chi connectivity index (χ1v) is 5.34. The Morgan fingerprint density at radius 1 is 0.917 bits per heavy atom. The number of aliphatic hydroxyl groups excluding tert-OH is 1. The third-order valence-electron chi connectivity index (χ3n) is 2.10. The zero-order valence-electron chi connectivity index (χ0n) is 8.39. The molecule has 0 fully saturated rings. The Hall–Kier alpha value is -0.0400. The van der Waals surface area contributed by atoms with Crippen molar-refractivity contribution in [1.82, 2.24) is 0 Å². The summed E-state index contributed by atoms with van der Waals surface area (Å²) in [4.78, 5) is 0. The molecule has 0 saturated heterocycles. The molecule has 0 aliphatic carbocycles. The Kier molecular flexibility index (Phi) is 10.9. The molecular weight excluding hydrogens is 148 g/mol. The maximum absolute atomic E-state index is 8.51. The summed E-state index contributed by atoms with van der Waals surface area (Å²) < 4.78 is 0. The van der Waals surface area contributed by atoms with E-state index in [0.29, 0.717) is 6.61 Å². The minimum absolute atomic E-state index is 0.315.